The van der Waals surface area contributed by atoms with Gasteiger partial charge in [0, 0.05) is 10.4 Å². The van der Waals surface area contributed by atoms with E-state index in [1.165, 1.54) is 0 Å². The van der Waals surface area contributed by atoms with E-state index >= 15 is 0 Å². The maximum absolute atomic E-state index is 8.52. The molecule has 0 N–H and O–H groups in total. The second kappa shape index (κ2) is 5.55. The minimum Gasteiger partial charge on any atom is 2.00 e. The van der Waals surface area contributed by atoms with Crippen molar-refractivity contribution in [1.82, 2.24) is 0 Å². The molecule has 0 aromatic carbocycles. The van der Waals surface area contributed by atoms with Crippen LogP contribution in [0.5, 0.6) is 0 Å². The molecule has 0 aromatic rings. The summed E-state index contributed by atoms with van der Waals surface area (Å²) in [5.41, 5.74) is 0. The van der Waals surface area contributed by atoms with Gasteiger partial charge in [-0.25, -0.2) is 0 Å². The molecule has 0 fully saturated rings. The van der Waals surface area contributed by atoms with Crippen LogP contribution in [0, 0.1) is 0 Å². The Hall–Kier alpha value is 1.42. The molecule has 0 spiro atoms. The molecule has 0 bridgehead atoms. The van der Waals surface area contributed by atoms with Gasteiger partial charge in [0.15, 0.2) is 0 Å². The van der Waals surface area contributed by atoms with Crippen molar-refractivity contribution in [2.75, 3.05) is 0 Å². The Morgan fingerprint density at radius 2 is 1.14 bits per heavy atom. The zero-order chi connectivity index (χ0) is 4.50. The van der Waals surface area contributed by atoms with E-state index < -0.39 is 10.4 Å². The van der Waals surface area contributed by atoms with Gasteiger partial charge in [-0.15, -0.1) is 0 Å². The first-order valence-corrected chi connectivity index (χ1v) is 2.00. The molecule has 4 nitrogen and oxygen atoms in total. The second-order valence-corrected chi connectivity index (χ2v) is 1.22. The maximum Gasteiger partial charge on any atom is 2.00 e. The SMILES string of the molecule is O=S(=O)([O-])[O-].[PbH2].[Zn+2]. The van der Waals surface area contributed by atoms with Crippen LogP contribution in [-0.2, 0) is 29.9 Å². The van der Waals surface area contributed by atoms with E-state index in [-0.39, 0.29) is 46.8 Å². The topological polar surface area (TPSA) is 80.3 Å². The summed E-state index contributed by atoms with van der Waals surface area (Å²) >= 11 is 0. The third-order valence-corrected chi connectivity index (χ3v) is 0. The summed E-state index contributed by atoms with van der Waals surface area (Å²) in [4.78, 5) is 0. The molecule has 0 aliphatic heterocycles. The van der Waals surface area contributed by atoms with Crippen LogP contribution in [0.25, 0.3) is 0 Å². The Bertz CT molecular complexity index is 94.9. The third kappa shape index (κ3) is 109. The van der Waals surface area contributed by atoms with Gasteiger partial charge in [0.1, 0.15) is 0 Å². The smallest absolute Gasteiger partial charge is 2.00 e. The first-order chi connectivity index (χ1) is 2.00. The van der Waals surface area contributed by atoms with Gasteiger partial charge < -0.3 is 9.11 Å². The van der Waals surface area contributed by atoms with Crippen molar-refractivity contribution in [3.8, 4) is 0 Å². The van der Waals surface area contributed by atoms with Crippen LogP contribution in [0.1, 0.15) is 0 Å². The average molecular weight is 371 g/mol. The first-order valence-electron chi connectivity index (χ1n) is 0.667. The van der Waals surface area contributed by atoms with Gasteiger partial charge in [-0.2, -0.15) is 0 Å². The molecule has 0 aromatic heterocycles. The van der Waals surface area contributed by atoms with Crippen molar-refractivity contribution in [1.29, 1.82) is 0 Å². The van der Waals surface area contributed by atoms with Crippen molar-refractivity contribution in [2.24, 2.45) is 0 Å². The molecule has 0 aliphatic carbocycles. The van der Waals surface area contributed by atoms with E-state index in [0.717, 1.165) is 0 Å². The van der Waals surface area contributed by atoms with Crippen molar-refractivity contribution < 1.29 is 37.0 Å². The van der Waals surface area contributed by atoms with Crippen LogP contribution in [0.2, 0.25) is 0 Å². The van der Waals surface area contributed by atoms with Crippen molar-refractivity contribution in [3.05, 3.63) is 0 Å². The molecule has 38 valence electrons. The molecule has 0 saturated carbocycles. The van der Waals surface area contributed by atoms with Gasteiger partial charge in [0.05, 0.1) is 0 Å². The summed E-state index contributed by atoms with van der Waals surface area (Å²) in [7, 11) is -5.17. The quantitative estimate of drug-likeness (QED) is 0.274. The van der Waals surface area contributed by atoms with Gasteiger partial charge in [-0.3, -0.25) is 8.42 Å². The summed E-state index contributed by atoms with van der Waals surface area (Å²) < 4.78 is 34.1. The van der Waals surface area contributed by atoms with Crippen LogP contribution < -0.4 is 0 Å². The normalized spacial score (nSPS) is 8.29. The molecular formula is H2O4PbSZn. The predicted molar refractivity (Wildman–Crippen MR) is 19.0 cm³/mol. The largest absolute Gasteiger partial charge is 2.00 e. The minimum absolute atomic E-state index is 0. The fourth-order valence-electron chi connectivity index (χ4n) is 0. The summed E-state index contributed by atoms with van der Waals surface area (Å²) in [5, 5.41) is 0. The van der Waals surface area contributed by atoms with E-state index in [1.807, 2.05) is 0 Å². The number of hydrogen-bond donors (Lipinski definition) is 0. The Morgan fingerprint density at radius 3 is 1.14 bits per heavy atom. The Labute approximate surface area is 74.2 Å². The van der Waals surface area contributed by atoms with Gasteiger partial charge in [0.2, 0.25) is 0 Å². The molecule has 2 radical (unpaired) electrons. The molecule has 0 aliphatic rings. The molecule has 0 unspecified atom stereocenters. The number of hydrogen-bond acceptors (Lipinski definition) is 4. The van der Waals surface area contributed by atoms with Crippen molar-refractivity contribution in [3.63, 3.8) is 0 Å². The second-order valence-electron chi connectivity index (χ2n) is 0.408. The van der Waals surface area contributed by atoms with Crippen LogP contribution in [0.15, 0.2) is 0 Å². The van der Waals surface area contributed by atoms with Gasteiger partial charge in [0.25, 0.3) is 0 Å². The number of rotatable bonds is 0. The Kier molecular flexibility index (Phi) is 12.5. The standard InChI is InChI=1S/H2O4S.Pb.Zn.2H/c1-5(2,3)4;;;;/h(H2,1,2,3,4);;;;/q;;+2;;/p-2. The molecule has 7 heteroatoms. The van der Waals surface area contributed by atoms with E-state index in [0.29, 0.717) is 0 Å². The van der Waals surface area contributed by atoms with Crippen molar-refractivity contribution in [2.45, 2.75) is 0 Å². The fraction of sp³-hybridized carbons (Fsp3) is 0. The first kappa shape index (κ1) is 15.8. The summed E-state index contributed by atoms with van der Waals surface area (Å²) in [6, 6.07) is 0. The summed E-state index contributed by atoms with van der Waals surface area (Å²) in [6.07, 6.45) is 0. The van der Waals surface area contributed by atoms with Crippen molar-refractivity contribution >= 4 is 37.7 Å². The Balaban J connectivity index is -0.0000000800. The Morgan fingerprint density at radius 1 is 1.14 bits per heavy atom. The molecule has 0 amide bonds. The van der Waals surface area contributed by atoms with E-state index in [1.54, 1.807) is 0 Å². The van der Waals surface area contributed by atoms with E-state index in [9.17, 15) is 0 Å². The molecule has 0 saturated heterocycles. The predicted octanol–water partition coefficient (Wildman–Crippen LogP) is -2.26. The van der Waals surface area contributed by atoms with E-state index in [4.69, 9.17) is 17.5 Å². The fourth-order valence-corrected chi connectivity index (χ4v) is 0. The van der Waals surface area contributed by atoms with Gasteiger partial charge >= 0.3 is 46.8 Å². The summed E-state index contributed by atoms with van der Waals surface area (Å²) in [6.45, 7) is 0. The van der Waals surface area contributed by atoms with Gasteiger partial charge in [-0.05, 0) is 0 Å². The molecular weight excluding hydrogens is 369 g/mol. The zero-order valence-electron chi connectivity index (χ0n) is 3.46. The van der Waals surface area contributed by atoms with Gasteiger partial charge in [-0.1, -0.05) is 0 Å². The van der Waals surface area contributed by atoms with Crippen LogP contribution in [0.3, 0.4) is 0 Å². The molecule has 7 heavy (non-hydrogen) atoms. The molecule has 0 heterocycles. The van der Waals surface area contributed by atoms with Crippen LogP contribution in [-0.4, -0.2) is 44.8 Å². The summed E-state index contributed by atoms with van der Waals surface area (Å²) in [5.74, 6) is 0. The van der Waals surface area contributed by atoms with Crippen LogP contribution >= 0.6 is 0 Å². The maximum atomic E-state index is 8.52. The molecule has 0 atom stereocenters. The average Bonchev–Trinajstić information content (AvgIpc) is 0.722. The monoisotopic (exact) mass is 370 g/mol. The molecule has 0 rings (SSSR count). The minimum atomic E-state index is -5.17. The zero-order valence-corrected chi connectivity index (χ0v) is 12.7. The van der Waals surface area contributed by atoms with E-state index in [2.05, 4.69) is 0 Å². The van der Waals surface area contributed by atoms with Crippen LogP contribution in [0.4, 0.5) is 0 Å². The third-order valence-electron chi connectivity index (χ3n) is 0.